The number of hydrogen-bond donors (Lipinski definition) is 1. The topological polar surface area (TPSA) is 91.4 Å². The Labute approximate surface area is 116 Å². The Morgan fingerprint density at radius 2 is 2.05 bits per heavy atom. The number of nitrogens with zero attached hydrogens (tertiary/aromatic N) is 1. The standard InChI is InChI=1S/C14H18N2O4/c1-4-20-13(19)16-7-8(12(15)18)11-9(16)5-14(2,3)6-10(11)17/h7H,4-6H2,1-3H3,(H2,15,18). The second-order valence-electron chi connectivity index (χ2n) is 5.74. The van der Waals surface area contributed by atoms with Crippen molar-refractivity contribution in [3.63, 3.8) is 0 Å². The van der Waals surface area contributed by atoms with Crippen LogP contribution in [0.2, 0.25) is 0 Å². The molecule has 1 aliphatic rings. The highest BCUT2D eigenvalue weighted by atomic mass is 16.5. The average Bonchev–Trinajstić information content (AvgIpc) is 2.67. The smallest absolute Gasteiger partial charge is 0.418 e. The largest absolute Gasteiger partial charge is 0.449 e. The number of hydrogen-bond acceptors (Lipinski definition) is 4. The zero-order chi connectivity index (χ0) is 15.1. The lowest BCUT2D eigenvalue weighted by molar-refractivity contribution is 0.0898. The number of fused-ring (bicyclic) bond motifs is 1. The van der Waals surface area contributed by atoms with Gasteiger partial charge in [0.15, 0.2) is 5.78 Å². The summed E-state index contributed by atoms with van der Waals surface area (Å²) in [6.45, 7) is 5.80. The summed E-state index contributed by atoms with van der Waals surface area (Å²) in [5.41, 5.74) is 5.91. The Kier molecular flexibility index (Phi) is 3.41. The second kappa shape index (κ2) is 4.77. The van der Waals surface area contributed by atoms with Crippen LogP contribution in [-0.4, -0.2) is 29.0 Å². The highest BCUT2D eigenvalue weighted by Gasteiger charge is 2.37. The van der Waals surface area contributed by atoms with Crippen molar-refractivity contribution in [1.82, 2.24) is 4.57 Å². The third kappa shape index (κ3) is 2.33. The molecule has 1 amide bonds. The van der Waals surface area contributed by atoms with Crippen molar-refractivity contribution in [3.8, 4) is 0 Å². The first-order chi connectivity index (χ1) is 9.26. The van der Waals surface area contributed by atoms with Crippen molar-refractivity contribution in [2.45, 2.75) is 33.6 Å². The predicted octanol–water partition coefficient (Wildman–Crippen LogP) is 1.75. The molecule has 2 rings (SSSR count). The first-order valence-corrected chi connectivity index (χ1v) is 6.51. The van der Waals surface area contributed by atoms with E-state index in [0.29, 0.717) is 18.5 Å². The number of rotatable bonds is 2. The number of Topliss-reactive ketones (excluding diaryl/α,β-unsaturated/α-hetero) is 1. The summed E-state index contributed by atoms with van der Waals surface area (Å²) < 4.78 is 6.18. The Balaban J connectivity index is 2.61. The minimum atomic E-state index is -0.711. The van der Waals surface area contributed by atoms with Crippen LogP contribution >= 0.6 is 0 Å². The van der Waals surface area contributed by atoms with E-state index in [-0.39, 0.29) is 28.9 Å². The normalized spacial score (nSPS) is 16.6. The van der Waals surface area contributed by atoms with E-state index in [1.54, 1.807) is 6.92 Å². The van der Waals surface area contributed by atoms with Crippen LogP contribution in [0.25, 0.3) is 0 Å². The van der Waals surface area contributed by atoms with Gasteiger partial charge in [-0.15, -0.1) is 0 Å². The summed E-state index contributed by atoms with van der Waals surface area (Å²) >= 11 is 0. The Bertz CT molecular complexity index is 599. The molecule has 0 saturated heterocycles. The van der Waals surface area contributed by atoms with Gasteiger partial charge >= 0.3 is 6.09 Å². The monoisotopic (exact) mass is 278 g/mol. The number of ether oxygens (including phenoxy) is 1. The zero-order valence-electron chi connectivity index (χ0n) is 11.9. The third-order valence-corrected chi connectivity index (χ3v) is 3.40. The molecular weight excluding hydrogens is 260 g/mol. The van der Waals surface area contributed by atoms with E-state index in [1.165, 1.54) is 10.8 Å². The molecule has 1 aromatic rings. The van der Waals surface area contributed by atoms with Crippen LogP contribution in [0.3, 0.4) is 0 Å². The lowest BCUT2D eigenvalue weighted by Crippen LogP contribution is -2.30. The van der Waals surface area contributed by atoms with Crippen LogP contribution in [-0.2, 0) is 11.2 Å². The lowest BCUT2D eigenvalue weighted by atomic mass is 9.75. The highest BCUT2D eigenvalue weighted by Crippen LogP contribution is 2.37. The molecule has 1 heterocycles. The highest BCUT2D eigenvalue weighted by molar-refractivity contribution is 6.10. The fourth-order valence-electron chi connectivity index (χ4n) is 2.61. The summed E-state index contributed by atoms with van der Waals surface area (Å²) in [6, 6.07) is 0. The van der Waals surface area contributed by atoms with Crippen LogP contribution in [0.5, 0.6) is 0 Å². The molecule has 108 valence electrons. The maximum absolute atomic E-state index is 12.2. The first kappa shape index (κ1) is 14.3. The van der Waals surface area contributed by atoms with Gasteiger partial charge in [0, 0.05) is 18.3 Å². The molecule has 2 N–H and O–H groups in total. The number of aromatic nitrogens is 1. The summed E-state index contributed by atoms with van der Waals surface area (Å²) in [5.74, 6) is -0.870. The molecule has 0 radical (unpaired) electrons. The van der Waals surface area contributed by atoms with Gasteiger partial charge < -0.3 is 10.5 Å². The fraction of sp³-hybridized carbons (Fsp3) is 0.500. The molecular formula is C14H18N2O4. The van der Waals surface area contributed by atoms with Gasteiger partial charge in [-0.05, 0) is 18.8 Å². The number of nitrogens with two attached hydrogens (primary N) is 1. The fourth-order valence-corrected chi connectivity index (χ4v) is 2.61. The molecule has 20 heavy (non-hydrogen) atoms. The summed E-state index contributed by atoms with van der Waals surface area (Å²) in [7, 11) is 0. The maximum Gasteiger partial charge on any atom is 0.418 e. The van der Waals surface area contributed by atoms with E-state index in [9.17, 15) is 14.4 Å². The van der Waals surface area contributed by atoms with Gasteiger partial charge in [-0.1, -0.05) is 13.8 Å². The van der Waals surface area contributed by atoms with Crippen LogP contribution in [0, 0.1) is 5.41 Å². The van der Waals surface area contributed by atoms with E-state index in [4.69, 9.17) is 10.5 Å². The summed E-state index contributed by atoms with van der Waals surface area (Å²) in [5, 5.41) is 0. The van der Waals surface area contributed by atoms with Crippen molar-refractivity contribution in [1.29, 1.82) is 0 Å². The van der Waals surface area contributed by atoms with Gasteiger partial charge in [-0.3, -0.25) is 14.2 Å². The van der Waals surface area contributed by atoms with Crippen LogP contribution in [0.4, 0.5) is 4.79 Å². The van der Waals surface area contributed by atoms with Crippen molar-refractivity contribution in [2.75, 3.05) is 6.61 Å². The van der Waals surface area contributed by atoms with Crippen molar-refractivity contribution < 1.29 is 19.1 Å². The van der Waals surface area contributed by atoms with Gasteiger partial charge in [0.05, 0.1) is 17.7 Å². The van der Waals surface area contributed by atoms with E-state index in [1.807, 2.05) is 13.8 Å². The summed E-state index contributed by atoms with van der Waals surface area (Å²) in [4.78, 5) is 35.7. The number of primary amides is 1. The quantitative estimate of drug-likeness (QED) is 0.892. The minimum absolute atomic E-state index is 0.0913. The number of amides is 1. The van der Waals surface area contributed by atoms with E-state index >= 15 is 0 Å². The number of carbonyl (C=O) groups is 3. The molecule has 0 aromatic carbocycles. The first-order valence-electron chi connectivity index (χ1n) is 6.51. The zero-order valence-corrected chi connectivity index (χ0v) is 11.9. The lowest BCUT2D eigenvalue weighted by Gasteiger charge is -2.29. The van der Waals surface area contributed by atoms with E-state index < -0.39 is 12.0 Å². The van der Waals surface area contributed by atoms with Gasteiger partial charge in [0.1, 0.15) is 0 Å². The molecule has 1 aromatic heterocycles. The SMILES string of the molecule is CCOC(=O)n1cc(C(N)=O)c2c1CC(C)(C)CC2=O. The van der Waals surface area contributed by atoms with Crippen LogP contribution in [0.1, 0.15) is 53.6 Å². The van der Waals surface area contributed by atoms with E-state index in [0.717, 1.165) is 0 Å². The Morgan fingerprint density at radius 1 is 1.40 bits per heavy atom. The molecule has 6 heteroatoms. The van der Waals surface area contributed by atoms with Crippen molar-refractivity contribution in [3.05, 3.63) is 23.0 Å². The van der Waals surface area contributed by atoms with Gasteiger partial charge in [-0.2, -0.15) is 0 Å². The molecule has 0 fully saturated rings. The number of ketones is 1. The molecule has 0 unspecified atom stereocenters. The Hall–Kier alpha value is -2.11. The molecule has 0 atom stereocenters. The predicted molar refractivity (Wildman–Crippen MR) is 71.8 cm³/mol. The van der Waals surface area contributed by atoms with E-state index in [2.05, 4.69) is 0 Å². The maximum atomic E-state index is 12.2. The molecule has 0 spiro atoms. The minimum Gasteiger partial charge on any atom is -0.449 e. The third-order valence-electron chi connectivity index (χ3n) is 3.40. The van der Waals surface area contributed by atoms with Gasteiger partial charge in [-0.25, -0.2) is 4.79 Å². The molecule has 0 saturated carbocycles. The molecule has 6 nitrogen and oxygen atoms in total. The molecule has 1 aliphatic carbocycles. The van der Waals surface area contributed by atoms with Crippen molar-refractivity contribution in [2.24, 2.45) is 11.1 Å². The van der Waals surface area contributed by atoms with Crippen molar-refractivity contribution >= 4 is 17.8 Å². The molecule has 0 bridgehead atoms. The van der Waals surface area contributed by atoms with Crippen LogP contribution < -0.4 is 5.73 Å². The second-order valence-corrected chi connectivity index (χ2v) is 5.74. The Morgan fingerprint density at radius 3 is 2.60 bits per heavy atom. The average molecular weight is 278 g/mol. The molecule has 0 aliphatic heterocycles. The number of carbonyl (C=O) groups excluding carboxylic acids is 3. The summed E-state index contributed by atoms with van der Waals surface area (Å²) in [6.07, 6.45) is 1.55. The van der Waals surface area contributed by atoms with Gasteiger partial charge in [0.2, 0.25) is 0 Å². The van der Waals surface area contributed by atoms with Crippen LogP contribution in [0.15, 0.2) is 6.20 Å². The van der Waals surface area contributed by atoms with Gasteiger partial charge in [0.25, 0.3) is 5.91 Å².